The number of aromatic hydroxyl groups is 1. The van der Waals surface area contributed by atoms with Crippen LogP contribution >= 0.6 is 0 Å². The Hall–Kier alpha value is -2.17. The van der Waals surface area contributed by atoms with Crippen LogP contribution in [-0.2, 0) is 0 Å². The van der Waals surface area contributed by atoms with Gasteiger partial charge in [0.25, 0.3) is 0 Å². The van der Waals surface area contributed by atoms with Crippen LogP contribution in [0.15, 0.2) is 30.3 Å². The van der Waals surface area contributed by atoms with Crippen molar-refractivity contribution in [2.24, 2.45) is 0 Å². The normalized spacial score (nSPS) is 10.6. The van der Waals surface area contributed by atoms with Crippen molar-refractivity contribution in [1.82, 2.24) is 0 Å². The van der Waals surface area contributed by atoms with Crippen molar-refractivity contribution in [3.63, 3.8) is 0 Å². The molecule has 2 aromatic carbocycles. The maximum atomic E-state index is 13.9. The van der Waals surface area contributed by atoms with Gasteiger partial charge in [-0.25, -0.2) is 8.78 Å². The lowest BCUT2D eigenvalue weighted by Crippen LogP contribution is -1.97. The van der Waals surface area contributed by atoms with Crippen molar-refractivity contribution in [2.75, 3.05) is 6.61 Å². The molecule has 0 aliphatic rings. The largest absolute Gasteiger partial charge is 0.505 e. The van der Waals surface area contributed by atoms with E-state index in [1.165, 1.54) is 12.1 Å². The van der Waals surface area contributed by atoms with Gasteiger partial charge in [0.05, 0.1) is 6.61 Å². The molecule has 0 aromatic heterocycles. The topological polar surface area (TPSA) is 29.5 Å². The Morgan fingerprint density at radius 1 is 1.00 bits per heavy atom. The van der Waals surface area contributed by atoms with Gasteiger partial charge >= 0.3 is 0 Å². The van der Waals surface area contributed by atoms with Crippen molar-refractivity contribution >= 4 is 0 Å². The van der Waals surface area contributed by atoms with E-state index in [-0.39, 0.29) is 11.1 Å². The zero-order valence-electron chi connectivity index (χ0n) is 10.8. The standard InChI is InChI=1S/C15H13F3O2/c1-2-7-20-9-3-4-10(12(16)8-9)11-5-6-13(19)15(18)14(11)17/h3-6,8,19H,2,7H2,1H3. The predicted octanol–water partition coefficient (Wildman–Crippen LogP) is 4.27. The zero-order chi connectivity index (χ0) is 14.7. The molecule has 0 aliphatic carbocycles. The van der Waals surface area contributed by atoms with Crippen molar-refractivity contribution in [2.45, 2.75) is 13.3 Å². The molecule has 5 heteroatoms. The average molecular weight is 282 g/mol. The molecule has 0 heterocycles. The third-order valence-electron chi connectivity index (χ3n) is 2.77. The lowest BCUT2D eigenvalue weighted by Gasteiger charge is -2.09. The molecule has 0 saturated heterocycles. The lowest BCUT2D eigenvalue weighted by molar-refractivity contribution is 0.316. The second kappa shape index (κ2) is 5.86. The predicted molar refractivity (Wildman–Crippen MR) is 69.2 cm³/mol. The van der Waals surface area contributed by atoms with E-state index in [0.717, 1.165) is 24.6 Å². The van der Waals surface area contributed by atoms with Crippen LogP contribution < -0.4 is 4.74 Å². The summed E-state index contributed by atoms with van der Waals surface area (Å²) in [4.78, 5) is 0. The lowest BCUT2D eigenvalue weighted by atomic mass is 10.0. The van der Waals surface area contributed by atoms with Gasteiger partial charge in [-0.15, -0.1) is 0 Å². The molecule has 106 valence electrons. The van der Waals surface area contributed by atoms with Gasteiger partial charge in [-0.05, 0) is 30.7 Å². The van der Waals surface area contributed by atoms with E-state index >= 15 is 0 Å². The van der Waals surface area contributed by atoms with Gasteiger partial charge in [0.1, 0.15) is 11.6 Å². The molecule has 0 radical (unpaired) electrons. The summed E-state index contributed by atoms with van der Waals surface area (Å²) >= 11 is 0. The quantitative estimate of drug-likeness (QED) is 0.907. The Kier molecular flexibility index (Phi) is 4.17. The Morgan fingerprint density at radius 2 is 1.70 bits per heavy atom. The molecular weight excluding hydrogens is 269 g/mol. The summed E-state index contributed by atoms with van der Waals surface area (Å²) in [5.74, 6) is -3.88. The van der Waals surface area contributed by atoms with Crippen molar-refractivity contribution in [3.8, 4) is 22.6 Å². The van der Waals surface area contributed by atoms with Crippen LogP contribution in [0.5, 0.6) is 11.5 Å². The van der Waals surface area contributed by atoms with Crippen molar-refractivity contribution in [1.29, 1.82) is 0 Å². The minimum absolute atomic E-state index is 0.0924. The average Bonchev–Trinajstić information content (AvgIpc) is 2.44. The third-order valence-corrected chi connectivity index (χ3v) is 2.77. The van der Waals surface area contributed by atoms with Crippen LogP contribution in [0.4, 0.5) is 13.2 Å². The molecule has 0 bridgehead atoms. The monoisotopic (exact) mass is 282 g/mol. The highest BCUT2D eigenvalue weighted by molar-refractivity contribution is 5.66. The first-order valence-electron chi connectivity index (χ1n) is 6.14. The first-order valence-corrected chi connectivity index (χ1v) is 6.14. The van der Waals surface area contributed by atoms with E-state index in [2.05, 4.69) is 0 Å². The van der Waals surface area contributed by atoms with E-state index in [9.17, 15) is 13.2 Å². The SMILES string of the molecule is CCCOc1ccc(-c2ccc(O)c(F)c2F)c(F)c1. The molecule has 2 rings (SSSR count). The minimum atomic E-state index is -1.40. The minimum Gasteiger partial charge on any atom is -0.505 e. The Labute approximate surface area is 114 Å². The molecule has 0 unspecified atom stereocenters. The fourth-order valence-corrected chi connectivity index (χ4v) is 1.77. The second-order valence-corrected chi connectivity index (χ2v) is 4.25. The number of halogens is 3. The molecule has 20 heavy (non-hydrogen) atoms. The Balaban J connectivity index is 2.41. The zero-order valence-corrected chi connectivity index (χ0v) is 10.8. The summed E-state index contributed by atoms with van der Waals surface area (Å²) < 4.78 is 46.2. The Morgan fingerprint density at radius 3 is 2.35 bits per heavy atom. The first kappa shape index (κ1) is 14.2. The molecule has 0 atom stereocenters. The van der Waals surface area contributed by atoms with Gasteiger partial charge < -0.3 is 9.84 Å². The highest BCUT2D eigenvalue weighted by atomic mass is 19.2. The van der Waals surface area contributed by atoms with Gasteiger partial charge in [0.2, 0.25) is 5.82 Å². The van der Waals surface area contributed by atoms with Gasteiger partial charge in [-0.3, -0.25) is 0 Å². The van der Waals surface area contributed by atoms with Crippen LogP contribution in [0.25, 0.3) is 11.1 Å². The maximum Gasteiger partial charge on any atom is 0.200 e. The number of phenolic OH excluding ortho intramolecular Hbond substituents is 1. The number of hydrogen-bond donors (Lipinski definition) is 1. The van der Waals surface area contributed by atoms with Gasteiger partial charge in [-0.1, -0.05) is 6.92 Å². The summed E-state index contributed by atoms with van der Waals surface area (Å²) in [6, 6.07) is 6.02. The molecule has 2 aromatic rings. The van der Waals surface area contributed by atoms with Crippen LogP contribution in [0.1, 0.15) is 13.3 Å². The van der Waals surface area contributed by atoms with Gasteiger partial charge in [-0.2, -0.15) is 4.39 Å². The molecule has 0 amide bonds. The number of benzene rings is 2. The van der Waals surface area contributed by atoms with Crippen LogP contribution in [-0.4, -0.2) is 11.7 Å². The molecular formula is C15H13F3O2. The highest BCUT2D eigenvalue weighted by Crippen LogP contribution is 2.32. The van der Waals surface area contributed by atoms with Crippen LogP contribution in [0.2, 0.25) is 0 Å². The summed E-state index contributed by atoms with van der Waals surface area (Å²) in [5.41, 5.74) is -0.343. The smallest absolute Gasteiger partial charge is 0.200 e. The number of rotatable bonds is 4. The fourth-order valence-electron chi connectivity index (χ4n) is 1.77. The van der Waals surface area contributed by atoms with E-state index in [4.69, 9.17) is 9.84 Å². The number of ether oxygens (including phenoxy) is 1. The molecule has 0 aliphatic heterocycles. The first-order chi connectivity index (χ1) is 9.54. The molecule has 0 fully saturated rings. The number of hydrogen-bond acceptors (Lipinski definition) is 2. The maximum absolute atomic E-state index is 13.9. The van der Waals surface area contributed by atoms with E-state index < -0.39 is 23.2 Å². The summed E-state index contributed by atoms with van der Waals surface area (Å²) in [5, 5.41) is 9.05. The molecule has 1 N–H and O–H groups in total. The van der Waals surface area contributed by atoms with Crippen LogP contribution in [0, 0.1) is 17.5 Å². The summed E-state index contributed by atoms with van der Waals surface area (Å²) in [6.45, 7) is 2.36. The highest BCUT2D eigenvalue weighted by Gasteiger charge is 2.17. The molecule has 0 spiro atoms. The Bertz CT molecular complexity index is 627. The third kappa shape index (κ3) is 2.71. The molecule has 0 saturated carbocycles. The summed E-state index contributed by atoms with van der Waals surface area (Å²) in [7, 11) is 0. The second-order valence-electron chi connectivity index (χ2n) is 4.25. The van der Waals surface area contributed by atoms with E-state index in [0.29, 0.717) is 12.4 Å². The van der Waals surface area contributed by atoms with Gasteiger partial charge in [0, 0.05) is 17.2 Å². The number of phenols is 1. The fraction of sp³-hybridized carbons (Fsp3) is 0.200. The van der Waals surface area contributed by atoms with E-state index in [1.807, 2.05) is 6.92 Å². The van der Waals surface area contributed by atoms with Crippen LogP contribution in [0.3, 0.4) is 0 Å². The van der Waals surface area contributed by atoms with Crippen molar-refractivity contribution < 1.29 is 23.0 Å². The van der Waals surface area contributed by atoms with Crippen molar-refractivity contribution in [3.05, 3.63) is 47.8 Å². The van der Waals surface area contributed by atoms with E-state index in [1.54, 1.807) is 0 Å². The molecule has 2 nitrogen and oxygen atoms in total. The van der Waals surface area contributed by atoms with Gasteiger partial charge in [0.15, 0.2) is 11.6 Å². The summed E-state index contributed by atoms with van der Waals surface area (Å²) in [6.07, 6.45) is 0.779.